The summed E-state index contributed by atoms with van der Waals surface area (Å²) in [6.45, 7) is 5.74. The molecule has 18 heteroatoms. The Bertz CT molecular complexity index is 1600. The van der Waals surface area contributed by atoms with Gasteiger partial charge in [0, 0.05) is 30.0 Å². The number of alkyl halides is 4. The van der Waals surface area contributed by atoms with Crippen LogP contribution in [0.25, 0.3) is 0 Å². The number of amides is 1. The monoisotopic (exact) mass is 689 g/mol. The van der Waals surface area contributed by atoms with E-state index in [1.807, 2.05) is 13.0 Å². The highest BCUT2D eigenvalue weighted by Gasteiger charge is 2.36. The third-order valence-corrected chi connectivity index (χ3v) is 8.05. The SMILES string of the molecule is Cc1cc(C)c(C(C)(C)CC(=O)OCn2nc(C3CC(O)C(F)C3)cc2NC(=O)c2cc(COC(F)(F)F)nn2C)c(OP(O)O)c1. The number of esters is 1. The molecule has 2 aromatic heterocycles. The fourth-order valence-electron chi connectivity index (χ4n) is 5.78. The van der Waals surface area contributed by atoms with Gasteiger partial charge in [-0.3, -0.25) is 19.0 Å². The van der Waals surface area contributed by atoms with E-state index in [-0.39, 0.29) is 42.2 Å². The van der Waals surface area contributed by atoms with E-state index < -0.39 is 63.8 Å². The van der Waals surface area contributed by atoms with E-state index in [1.54, 1.807) is 26.8 Å². The zero-order valence-electron chi connectivity index (χ0n) is 26.2. The van der Waals surface area contributed by atoms with Gasteiger partial charge in [0.15, 0.2) is 6.73 Å². The van der Waals surface area contributed by atoms with Crippen molar-refractivity contribution in [2.75, 3.05) is 5.32 Å². The molecule has 3 unspecified atom stereocenters. The number of ether oxygens (including phenoxy) is 2. The summed E-state index contributed by atoms with van der Waals surface area (Å²) in [5, 5.41) is 20.8. The quantitative estimate of drug-likeness (QED) is 0.120. The molecule has 13 nitrogen and oxygen atoms in total. The zero-order chi connectivity index (χ0) is 34.8. The number of aryl methyl sites for hydroxylation is 3. The van der Waals surface area contributed by atoms with E-state index in [0.29, 0.717) is 11.3 Å². The van der Waals surface area contributed by atoms with Gasteiger partial charge < -0.3 is 29.5 Å². The lowest BCUT2D eigenvalue weighted by molar-refractivity contribution is -0.330. The van der Waals surface area contributed by atoms with Gasteiger partial charge in [-0.1, -0.05) is 19.9 Å². The van der Waals surface area contributed by atoms with Gasteiger partial charge in [0.2, 0.25) is 0 Å². The maximum atomic E-state index is 14.1. The molecule has 1 aliphatic carbocycles. The van der Waals surface area contributed by atoms with Crippen LogP contribution >= 0.6 is 8.60 Å². The van der Waals surface area contributed by atoms with Gasteiger partial charge in [0.1, 0.15) is 30.0 Å². The normalized spacial score (nSPS) is 18.5. The summed E-state index contributed by atoms with van der Waals surface area (Å²) >= 11 is 0. The Morgan fingerprint density at radius 1 is 1.11 bits per heavy atom. The Morgan fingerprint density at radius 3 is 2.43 bits per heavy atom. The number of nitrogens with one attached hydrogen (secondary N) is 1. The summed E-state index contributed by atoms with van der Waals surface area (Å²) in [5.74, 6) is -1.70. The number of anilines is 1. The highest BCUT2D eigenvalue weighted by Crippen LogP contribution is 2.42. The molecule has 0 radical (unpaired) electrons. The molecular weight excluding hydrogens is 653 g/mol. The molecule has 4 N–H and O–H groups in total. The lowest BCUT2D eigenvalue weighted by Crippen LogP contribution is -2.26. The molecule has 258 valence electrons. The zero-order valence-corrected chi connectivity index (χ0v) is 27.1. The van der Waals surface area contributed by atoms with E-state index >= 15 is 0 Å². The average molecular weight is 690 g/mol. The topological polar surface area (TPSA) is 170 Å². The fraction of sp³-hybridized carbons (Fsp3) is 0.517. The Morgan fingerprint density at radius 2 is 1.81 bits per heavy atom. The number of halogens is 4. The van der Waals surface area contributed by atoms with Crippen molar-refractivity contribution in [1.82, 2.24) is 19.6 Å². The van der Waals surface area contributed by atoms with Crippen LogP contribution in [0.1, 0.15) is 77.6 Å². The highest BCUT2D eigenvalue weighted by atomic mass is 31.2. The van der Waals surface area contributed by atoms with Crippen LogP contribution in [0.2, 0.25) is 0 Å². The van der Waals surface area contributed by atoms with Crippen LogP contribution in [0.5, 0.6) is 5.75 Å². The predicted molar refractivity (Wildman–Crippen MR) is 159 cm³/mol. The van der Waals surface area contributed by atoms with E-state index in [2.05, 4.69) is 20.3 Å². The molecule has 0 aliphatic heterocycles. The van der Waals surface area contributed by atoms with Gasteiger partial charge in [0.05, 0.1) is 23.9 Å². The van der Waals surface area contributed by atoms with E-state index in [0.717, 1.165) is 26.6 Å². The van der Waals surface area contributed by atoms with Gasteiger partial charge >= 0.3 is 20.9 Å². The second-order valence-corrected chi connectivity index (χ2v) is 12.7. The predicted octanol–water partition coefficient (Wildman–Crippen LogP) is 4.56. The van der Waals surface area contributed by atoms with Crippen molar-refractivity contribution in [2.24, 2.45) is 7.05 Å². The minimum atomic E-state index is -4.89. The molecule has 1 aromatic carbocycles. The molecule has 2 heterocycles. The first-order valence-corrected chi connectivity index (χ1v) is 15.6. The van der Waals surface area contributed by atoms with Crippen molar-refractivity contribution in [3.05, 3.63) is 58.0 Å². The van der Waals surface area contributed by atoms with Gasteiger partial charge in [-0.15, -0.1) is 13.2 Å². The molecule has 3 aromatic rings. The summed E-state index contributed by atoms with van der Waals surface area (Å²) in [6.07, 6.45) is -7.67. The molecule has 0 spiro atoms. The first kappa shape index (κ1) is 36.2. The second-order valence-electron chi connectivity index (χ2n) is 12.0. The first-order chi connectivity index (χ1) is 21.8. The van der Waals surface area contributed by atoms with Gasteiger partial charge in [0.25, 0.3) is 5.91 Å². The summed E-state index contributed by atoms with van der Waals surface area (Å²) in [6, 6.07) is 6.06. The van der Waals surface area contributed by atoms with Crippen LogP contribution in [0.4, 0.5) is 23.4 Å². The van der Waals surface area contributed by atoms with Crippen molar-refractivity contribution < 1.29 is 56.0 Å². The molecule has 1 saturated carbocycles. The fourth-order valence-corrected chi connectivity index (χ4v) is 6.10. The maximum absolute atomic E-state index is 14.1. The smallest absolute Gasteiger partial charge is 0.442 e. The van der Waals surface area contributed by atoms with Crippen LogP contribution < -0.4 is 9.84 Å². The van der Waals surface area contributed by atoms with Crippen molar-refractivity contribution in [3.63, 3.8) is 0 Å². The number of aliphatic hydroxyl groups is 1. The molecule has 0 bridgehead atoms. The number of carbonyl (C=O) groups excluding carboxylic acids is 2. The largest absolute Gasteiger partial charge is 0.522 e. The minimum Gasteiger partial charge on any atom is -0.442 e. The first-order valence-electron chi connectivity index (χ1n) is 14.4. The molecule has 3 atom stereocenters. The summed E-state index contributed by atoms with van der Waals surface area (Å²) < 4.78 is 68.3. The maximum Gasteiger partial charge on any atom is 0.522 e. The van der Waals surface area contributed by atoms with Gasteiger partial charge in [-0.05, 0) is 49.9 Å². The number of hydrogen-bond donors (Lipinski definition) is 4. The molecule has 47 heavy (non-hydrogen) atoms. The third kappa shape index (κ3) is 9.26. The number of nitrogens with zero attached hydrogens (tertiary/aromatic N) is 4. The Labute approximate surface area is 268 Å². The van der Waals surface area contributed by atoms with Crippen LogP contribution in [0, 0.1) is 13.8 Å². The second kappa shape index (κ2) is 14.2. The number of carbonyl (C=O) groups is 2. The number of benzene rings is 1. The van der Waals surface area contributed by atoms with E-state index in [1.165, 1.54) is 13.1 Å². The Balaban J connectivity index is 1.53. The van der Waals surface area contributed by atoms with Crippen LogP contribution in [0.15, 0.2) is 24.3 Å². The number of aromatic nitrogens is 4. The van der Waals surface area contributed by atoms with Gasteiger partial charge in [-0.25, -0.2) is 9.07 Å². The molecule has 1 amide bonds. The van der Waals surface area contributed by atoms with Crippen LogP contribution in [0.3, 0.4) is 0 Å². The average Bonchev–Trinajstić information content (AvgIpc) is 3.61. The van der Waals surface area contributed by atoms with Crippen molar-refractivity contribution in [1.29, 1.82) is 0 Å². The van der Waals surface area contributed by atoms with E-state index in [9.17, 15) is 42.0 Å². The number of hydrogen-bond acceptors (Lipinski definition) is 10. The number of rotatable bonds is 12. The number of aliphatic hydroxyl groups excluding tert-OH is 1. The minimum absolute atomic E-state index is 0.0198. The van der Waals surface area contributed by atoms with Gasteiger partial charge in [-0.2, -0.15) is 10.2 Å². The summed E-state index contributed by atoms with van der Waals surface area (Å²) in [4.78, 5) is 45.3. The lowest BCUT2D eigenvalue weighted by atomic mass is 9.78. The third-order valence-electron chi connectivity index (χ3n) is 7.69. The summed E-state index contributed by atoms with van der Waals surface area (Å²) in [7, 11) is -1.37. The molecule has 1 fully saturated rings. The standard InChI is InChI=1S/C29H36F4N5O8P/c1-15-6-16(2)26(23(7-15)46-47(42)43)28(3,4)12-25(40)44-14-38-24(11-20(36-38)17-8-19(30)22(39)9-17)34-27(41)21-10-18(35-37(21)5)13-45-29(31,32)33/h6-7,10-11,17,19,22,39,42-43H,8-9,12-14H2,1-5H3,(H,34,41). The van der Waals surface area contributed by atoms with E-state index in [4.69, 9.17) is 9.26 Å². The van der Waals surface area contributed by atoms with Crippen molar-refractivity contribution in [3.8, 4) is 5.75 Å². The van der Waals surface area contributed by atoms with Crippen molar-refractivity contribution >= 4 is 26.3 Å². The molecule has 1 aliphatic rings. The molecule has 0 saturated heterocycles. The highest BCUT2D eigenvalue weighted by molar-refractivity contribution is 7.39. The summed E-state index contributed by atoms with van der Waals surface area (Å²) in [5.41, 5.74) is 1.30. The molecular formula is C29H36F4N5O8P. The Hall–Kier alpha value is -3.63. The van der Waals surface area contributed by atoms with Crippen LogP contribution in [-0.4, -0.2) is 65.0 Å². The molecule has 4 rings (SSSR count). The Kier molecular flexibility index (Phi) is 11.0. The van der Waals surface area contributed by atoms with Crippen LogP contribution in [-0.2, 0) is 40.1 Å². The van der Waals surface area contributed by atoms with Crippen molar-refractivity contribution in [2.45, 2.75) is 90.3 Å². The lowest BCUT2D eigenvalue weighted by Gasteiger charge is -2.29.